The SMILES string of the molecule is N#CCN(CC#N)c1cc(C(=O)O)ccn1. The zero-order chi connectivity index (χ0) is 12.0. The Morgan fingerprint density at radius 2 is 2.06 bits per heavy atom. The zero-order valence-corrected chi connectivity index (χ0v) is 8.29. The number of nitriles is 2. The number of rotatable bonds is 4. The number of aromatic carboxylic acids is 1. The van der Waals surface area contributed by atoms with Crippen LogP contribution in [-0.2, 0) is 0 Å². The fourth-order valence-electron chi connectivity index (χ4n) is 1.11. The van der Waals surface area contributed by atoms with Crippen molar-refractivity contribution in [3.05, 3.63) is 23.9 Å². The molecule has 0 aromatic carbocycles. The third kappa shape index (κ3) is 2.69. The van der Waals surface area contributed by atoms with Crippen molar-refractivity contribution in [3.63, 3.8) is 0 Å². The summed E-state index contributed by atoms with van der Waals surface area (Å²) in [6, 6.07) is 6.45. The first kappa shape index (κ1) is 11.5. The van der Waals surface area contributed by atoms with Crippen LogP contribution in [0.1, 0.15) is 10.4 Å². The summed E-state index contributed by atoms with van der Waals surface area (Å²) in [5.41, 5.74) is 0.0749. The Hall–Kier alpha value is -2.60. The van der Waals surface area contributed by atoms with Gasteiger partial charge in [-0.1, -0.05) is 0 Å². The molecule has 6 nitrogen and oxygen atoms in total. The molecular weight excluding hydrogens is 208 g/mol. The molecular formula is C10H8N4O2. The van der Waals surface area contributed by atoms with Gasteiger partial charge in [-0.3, -0.25) is 0 Å². The molecule has 0 aliphatic heterocycles. The maximum atomic E-state index is 10.7. The third-order valence-corrected chi connectivity index (χ3v) is 1.84. The van der Waals surface area contributed by atoms with Gasteiger partial charge in [0.15, 0.2) is 0 Å². The summed E-state index contributed by atoms with van der Waals surface area (Å²) in [6.07, 6.45) is 1.33. The molecule has 1 aromatic heterocycles. The molecule has 0 radical (unpaired) electrons. The first-order valence-electron chi connectivity index (χ1n) is 4.37. The summed E-state index contributed by atoms with van der Waals surface area (Å²) in [5, 5.41) is 25.9. The molecule has 0 amide bonds. The predicted octanol–water partition coefficient (Wildman–Crippen LogP) is 0.633. The normalized spacial score (nSPS) is 8.88. The Morgan fingerprint density at radius 3 is 2.56 bits per heavy atom. The Bertz CT molecular complexity index is 456. The van der Waals surface area contributed by atoms with E-state index in [1.54, 1.807) is 0 Å². The second-order valence-electron chi connectivity index (χ2n) is 2.88. The topological polar surface area (TPSA) is 101 Å². The number of carbonyl (C=O) groups is 1. The van der Waals surface area contributed by atoms with Gasteiger partial charge in [0.2, 0.25) is 0 Å². The number of anilines is 1. The van der Waals surface area contributed by atoms with E-state index >= 15 is 0 Å². The summed E-state index contributed by atoms with van der Waals surface area (Å²) < 4.78 is 0. The fourth-order valence-corrected chi connectivity index (χ4v) is 1.11. The van der Waals surface area contributed by atoms with Crippen molar-refractivity contribution in [3.8, 4) is 12.1 Å². The van der Waals surface area contributed by atoms with E-state index in [9.17, 15) is 4.79 Å². The Labute approximate surface area is 92.0 Å². The van der Waals surface area contributed by atoms with Crippen LogP contribution >= 0.6 is 0 Å². The van der Waals surface area contributed by atoms with Crippen molar-refractivity contribution in [1.29, 1.82) is 10.5 Å². The molecule has 1 heterocycles. The van der Waals surface area contributed by atoms with E-state index in [1.165, 1.54) is 23.2 Å². The summed E-state index contributed by atoms with van der Waals surface area (Å²) in [4.78, 5) is 16.0. The summed E-state index contributed by atoms with van der Waals surface area (Å²) in [7, 11) is 0. The molecule has 0 aliphatic carbocycles. The lowest BCUT2D eigenvalue weighted by atomic mass is 10.2. The van der Waals surface area contributed by atoms with Gasteiger partial charge >= 0.3 is 5.97 Å². The van der Waals surface area contributed by atoms with Gasteiger partial charge in [0.05, 0.1) is 17.7 Å². The van der Waals surface area contributed by atoms with E-state index < -0.39 is 5.97 Å². The molecule has 16 heavy (non-hydrogen) atoms. The highest BCUT2D eigenvalue weighted by atomic mass is 16.4. The molecule has 80 valence electrons. The molecule has 1 aromatic rings. The van der Waals surface area contributed by atoms with E-state index in [0.717, 1.165) is 0 Å². The Morgan fingerprint density at radius 1 is 1.44 bits per heavy atom. The highest BCUT2D eigenvalue weighted by molar-refractivity contribution is 5.88. The standard InChI is InChI=1S/C10H8N4O2/c11-2-5-14(6-3-12)9-7-8(10(15)16)1-4-13-9/h1,4,7H,5-6H2,(H,15,16). The largest absolute Gasteiger partial charge is 0.478 e. The van der Waals surface area contributed by atoms with Crippen LogP contribution in [0.25, 0.3) is 0 Å². The van der Waals surface area contributed by atoms with Crippen molar-refractivity contribution in [2.45, 2.75) is 0 Å². The fraction of sp³-hybridized carbons (Fsp3) is 0.200. The lowest BCUT2D eigenvalue weighted by molar-refractivity contribution is 0.0697. The van der Waals surface area contributed by atoms with E-state index in [1.807, 2.05) is 12.1 Å². The summed E-state index contributed by atoms with van der Waals surface area (Å²) >= 11 is 0. The van der Waals surface area contributed by atoms with Crippen LogP contribution in [0.3, 0.4) is 0 Å². The van der Waals surface area contributed by atoms with Gasteiger partial charge in [-0.25, -0.2) is 9.78 Å². The van der Waals surface area contributed by atoms with Gasteiger partial charge in [-0.05, 0) is 12.1 Å². The summed E-state index contributed by atoms with van der Waals surface area (Å²) in [5.74, 6) is -0.763. The number of pyridine rings is 1. The molecule has 1 N–H and O–H groups in total. The lowest BCUT2D eigenvalue weighted by Gasteiger charge is -2.16. The summed E-state index contributed by atoms with van der Waals surface area (Å²) in [6.45, 7) is -0.0206. The molecule has 0 atom stereocenters. The molecule has 0 aliphatic rings. The average molecular weight is 216 g/mol. The van der Waals surface area contributed by atoms with Crippen molar-refractivity contribution in [1.82, 2.24) is 4.98 Å². The van der Waals surface area contributed by atoms with Gasteiger partial charge in [0, 0.05) is 6.20 Å². The van der Waals surface area contributed by atoms with Crippen molar-refractivity contribution in [2.24, 2.45) is 0 Å². The number of hydrogen-bond acceptors (Lipinski definition) is 5. The quantitative estimate of drug-likeness (QED) is 0.741. The van der Waals surface area contributed by atoms with Gasteiger partial charge in [-0.2, -0.15) is 10.5 Å². The molecule has 0 spiro atoms. The minimum Gasteiger partial charge on any atom is -0.478 e. The smallest absolute Gasteiger partial charge is 0.335 e. The number of nitrogens with zero attached hydrogens (tertiary/aromatic N) is 4. The molecule has 0 saturated carbocycles. The maximum Gasteiger partial charge on any atom is 0.335 e. The second-order valence-corrected chi connectivity index (χ2v) is 2.88. The van der Waals surface area contributed by atoms with Gasteiger partial charge in [0.25, 0.3) is 0 Å². The van der Waals surface area contributed by atoms with Crippen LogP contribution in [-0.4, -0.2) is 29.1 Å². The van der Waals surface area contributed by atoms with Crippen LogP contribution < -0.4 is 4.90 Å². The van der Waals surface area contributed by atoms with E-state index in [4.69, 9.17) is 15.6 Å². The second kappa shape index (κ2) is 5.32. The lowest BCUT2D eigenvalue weighted by Crippen LogP contribution is -2.25. The average Bonchev–Trinajstić information content (AvgIpc) is 2.29. The minimum atomic E-state index is -1.07. The molecule has 0 unspecified atom stereocenters. The molecule has 0 saturated heterocycles. The van der Waals surface area contributed by atoms with Crippen LogP contribution in [0.4, 0.5) is 5.82 Å². The highest BCUT2D eigenvalue weighted by Crippen LogP contribution is 2.11. The minimum absolute atomic E-state index is 0.0103. The van der Waals surface area contributed by atoms with Crippen molar-refractivity contribution in [2.75, 3.05) is 18.0 Å². The Balaban J connectivity index is 3.01. The third-order valence-electron chi connectivity index (χ3n) is 1.84. The zero-order valence-electron chi connectivity index (χ0n) is 8.29. The number of carboxylic acids is 1. The van der Waals surface area contributed by atoms with Crippen LogP contribution in [0, 0.1) is 22.7 Å². The van der Waals surface area contributed by atoms with E-state index in [0.29, 0.717) is 5.82 Å². The van der Waals surface area contributed by atoms with Gasteiger partial charge < -0.3 is 10.0 Å². The molecule has 1 rings (SSSR count). The monoisotopic (exact) mass is 216 g/mol. The first-order chi connectivity index (χ1) is 7.69. The molecule has 6 heteroatoms. The van der Waals surface area contributed by atoms with Crippen LogP contribution in [0.2, 0.25) is 0 Å². The first-order valence-corrected chi connectivity index (χ1v) is 4.37. The Kier molecular flexibility index (Phi) is 3.82. The van der Waals surface area contributed by atoms with Crippen LogP contribution in [0.15, 0.2) is 18.3 Å². The van der Waals surface area contributed by atoms with Crippen molar-refractivity contribution >= 4 is 11.8 Å². The van der Waals surface area contributed by atoms with Crippen LogP contribution in [0.5, 0.6) is 0 Å². The predicted molar refractivity (Wildman–Crippen MR) is 54.6 cm³/mol. The molecule has 0 fully saturated rings. The van der Waals surface area contributed by atoms with E-state index in [-0.39, 0.29) is 18.7 Å². The number of aromatic nitrogens is 1. The van der Waals surface area contributed by atoms with E-state index in [2.05, 4.69) is 4.98 Å². The van der Waals surface area contributed by atoms with Gasteiger partial charge in [-0.15, -0.1) is 0 Å². The number of carboxylic acid groups (broad SMARTS) is 1. The van der Waals surface area contributed by atoms with Gasteiger partial charge in [0.1, 0.15) is 18.9 Å². The van der Waals surface area contributed by atoms with Crippen molar-refractivity contribution < 1.29 is 9.90 Å². The highest BCUT2D eigenvalue weighted by Gasteiger charge is 2.10. The number of hydrogen-bond donors (Lipinski definition) is 1. The molecule has 0 bridgehead atoms. The maximum absolute atomic E-state index is 10.7.